The Balaban J connectivity index is 1.84. The molecule has 116 valence electrons. The van der Waals surface area contributed by atoms with E-state index in [0.717, 1.165) is 64.8 Å². The van der Waals surface area contributed by atoms with E-state index in [4.69, 9.17) is 10.5 Å². The molecule has 3 unspecified atom stereocenters. The van der Waals surface area contributed by atoms with Gasteiger partial charge in [0.2, 0.25) is 5.91 Å². The predicted octanol–water partition coefficient (Wildman–Crippen LogP) is 2.17. The lowest BCUT2D eigenvalue weighted by molar-refractivity contribution is -0.141. The molecule has 20 heavy (non-hydrogen) atoms. The molecule has 1 aliphatic heterocycles. The van der Waals surface area contributed by atoms with Crippen LogP contribution in [0.5, 0.6) is 0 Å². The minimum atomic E-state index is 0.210. The van der Waals surface area contributed by atoms with E-state index in [9.17, 15) is 4.79 Å². The minimum Gasteiger partial charge on any atom is -0.376 e. The summed E-state index contributed by atoms with van der Waals surface area (Å²) in [6, 6.07) is 0. The molecule has 2 rings (SSSR count). The van der Waals surface area contributed by atoms with Gasteiger partial charge in [-0.05, 0) is 51.0 Å². The monoisotopic (exact) mass is 282 g/mol. The average molecular weight is 282 g/mol. The summed E-state index contributed by atoms with van der Waals surface area (Å²) in [6.07, 6.45) is 7.86. The molecular formula is C16H30N2O2. The van der Waals surface area contributed by atoms with Crippen molar-refractivity contribution in [3.05, 3.63) is 0 Å². The Labute approximate surface area is 123 Å². The molecule has 4 nitrogen and oxygen atoms in total. The van der Waals surface area contributed by atoms with Gasteiger partial charge >= 0.3 is 0 Å². The van der Waals surface area contributed by atoms with Crippen LogP contribution in [0.25, 0.3) is 0 Å². The molecule has 0 aromatic rings. The van der Waals surface area contributed by atoms with Crippen molar-refractivity contribution in [2.24, 2.45) is 17.6 Å². The molecule has 1 aliphatic carbocycles. The van der Waals surface area contributed by atoms with Gasteiger partial charge in [-0.15, -0.1) is 0 Å². The highest BCUT2D eigenvalue weighted by atomic mass is 16.5. The minimum absolute atomic E-state index is 0.210. The summed E-state index contributed by atoms with van der Waals surface area (Å²) in [6.45, 7) is 5.37. The van der Waals surface area contributed by atoms with Gasteiger partial charge in [-0.25, -0.2) is 0 Å². The van der Waals surface area contributed by atoms with E-state index in [-0.39, 0.29) is 12.0 Å². The molecule has 2 fully saturated rings. The average Bonchev–Trinajstić information content (AvgIpc) is 2.52. The van der Waals surface area contributed by atoms with E-state index < -0.39 is 0 Å². The van der Waals surface area contributed by atoms with E-state index in [1.54, 1.807) is 0 Å². The Bertz CT molecular complexity index is 309. The number of carbonyl (C=O) groups excluding carboxylic acids is 1. The number of nitrogens with two attached hydrogens (primary N) is 1. The van der Waals surface area contributed by atoms with Crippen LogP contribution >= 0.6 is 0 Å². The first-order valence-electron chi connectivity index (χ1n) is 8.35. The first-order valence-corrected chi connectivity index (χ1v) is 8.35. The number of hydrogen-bond acceptors (Lipinski definition) is 3. The highest BCUT2D eigenvalue weighted by Gasteiger charge is 2.32. The van der Waals surface area contributed by atoms with Crippen LogP contribution in [0.4, 0.5) is 0 Å². The van der Waals surface area contributed by atoms with Crippen LogP contribution in [0, 0.1) is 11.8 Å². The normalized spacial score (nSPS) is 31.3. The fourth-order valence-corrected chi connectivity index (χ4v) is 3.55. The molecular weight excluding hydrogens is 252 g/mol. The molecule has 0 bridgehead atoms. The highest BCUT2D eigenvalue weighted by molar-refractivity contribution is 5.79. The van der Waals surface area contributed by atoms with Crippen molar-refractivity contribution in [1.82, 2.24) is 4.90 Å². The lowest BCUT2D eigenvalue weighted by Crippen LogP contribution is -2.46. The molecule has 0 aromatic heterocycles. The Hall–Kier alpha value is -0.610. The summed E-state index contributed by atoms with van der Waals surface area (Å²) >= 11 is 0. The number of piperidine rings is 1. The number of carbonyl (C=O) groups is 1. The predicted molar refractivity (Wildman–Crippen MR) is 80.3 cm³/mol. The molecule has 0 radical (unpaired) electrons. The van der Waals surface area contributed by atoms with E-state index in [0.29, 0.717) is 11.8 Å². The van der Waals surface area contributed by atoms with Crippen molar-refractivity contribution in [2.75, 3.05) is 26.2 Å². The van der Waals surface area contributed by atoms with Crippen molar-refractivity contribution in [1.29, 1.82) is 0 Å². The highest BCUT2D eigenvalue weighted by Crippen LogP contribution is 2.30. The maximum Gasteiger partial charge on any atom is 0.225 e. The van der Waals surface area contributed by atoms with Crippen molar-refractivity contribution < 1.29 is 9.53 Å². The topological polar surface area (TPSA) is 55.6 Å². The van der Waals surface area contributed by atoms with Crippen LogP contribution < -0.4 is 5.73 Å². The Kier molecular flexibility index (Phi) is 6.30. The zero-order valence-electron chi connectivity index (χ0n) is 12.9. The van der Waals surface area contributed by atoms with E-state index in [1.165, 1.54) is 6.42 Å². The van der Waals surface area contributed by atoms with Crippen LogP contribution in [0.3, 0.4) is 0 Å². The van der Waals surface area contributed by atoms with Crippen LogP contribution in [0.1, 0.15) is 51.9 Å². The lowest BCUT2D eigenvalue weighted by Gasteiger charge is -2.37. The molecule has 1 heterocycles. The number of likely N-dealkylation sites (tertiary alicyclic amines) is 1. The number of rotatable bonds is 5. The second-order valence-corrected chi connectivity index (χ2v) is 6.38. The van der Waals surface area contributed by atoms with E-state index in [2.05, 4.69) is 6.92 Å². The third-order valence-electron chi connectivity index (χ3n) is 4.71. The lowest BCUT2D eigenvalue weighted by atomic mass is 9.80. The van der Waals surface area contributed by atoms with Gasteiger partial charge in [0.1, 0.15) is 0 Å². The van der Waals surface area contributed by atoms with Gasteiger partial charge in [-0.2, -0.15) is 0 Å². The molecule has 1 saturated heterocycles. The molecule has 2 aliphatic rings. The molecule has 2 N–H and O–H groups in total. The van der Waals surface area contributed by atoms with Crippen molar-refractivity contribution in [3.63, 3.8) is 0 Å². The van der Waals surface area contributed by atoms with Crippen LogP contribution in [0.15, 0.2) is 0 Å². The summed E-state index contributed by atoms with van der Waals surface area (Å²) in [7, 11) is 0. The van der Waals surface area contributed by atoms with Gasteiger partial charge in [0, 0.05) is 25.6 Å². The first-order chi connectivity index (χ1) is 9.74. The molecule has 3 atom stereocenters. The van der Waals surface area contributed by atoms with Gasteiger partial charge in [0.05, 0.1) is 6.10 Å². The first kappa shape index (κ1) is 15.8. The number of nitrogens with zero attached hydrogens (tertiary/aromatic N) is 1. The van der Waals surface area contributed by atoms with Crippen LogP contribution in [-0.4, -0.2) is 43.2 Å². The fourth-order valence-electron chi connectivity index (χ4n) is 3.55. The molecule has 0 spiro atoms. The smallest absolute Gasteiger partial charge is 0.225 e. The summed E-state index contributed by atoms with van der Waals surface area (Å²) in [5, 5.41) is 0. The maximum atomic E-state index is 12.7. The second kappa shape index (κ2) is 7.99. The largest absolute Gasteiger partial charge is 0.376 e. The third kappa shape index (κ3) is 4.19. The van der Waals surface area contributed by atoms with Gasteiger partial charge in [0.25, 0.3) is 0 Å². The van der Waals surface area contributed by atoms with Crippen molar-refractivity contribution in [2.45, 2.75) is 58.0 Å². The Morgan fingerprint density at radius 3 is 2.90 bits per heavy atom. The second-order valence-electron chi connectivity index (χ2n) is 6.38. The van der Waals surface area contributed by atoms with E-state index >= 15 is 0 Å². The van der Waals surface area contributed by atoms with Crippen LogP contribution in [0.2, 0.25) is 0 Å². The Morgan fingerprint density at radius 1 is 1.30 bits per heavy atom. The molecule has 1 amide bonds. The maximum absolute atomic E-state index is 12.7. The van der Waals surface area contributed by atoms with Gasteiger partial charge < -0.3 is 15.4 Å². The fraction of sp³-hybridized carbons (Fsp3) is 0.938. The SMILES string of the molecule is CCCOC1CCCN(C(=O)C2CCCC(CN)C2)C1. The summed E-state index contributed by atoms with van der Waals surface area (Å²) in [5.41, 5.74) is 5.78. The quantitative estimate of drug-likeness (QED) is 0.841. The van der Waals surface area contributed by atoms with Crippen molar-refractivity contribution >= 4 is 5.91 Å². The number of hydrogen-bond donors (Lipinski definition) is 1. The summed E-state index contributed by atoms with van der Waals surface area (Å²) < 4.78 is 5.83. The number of amides is 1. The molecule has 4 heteroatoms. The molecule has 1 saturated carbocycles. The standard InChI is InChI=1S/C16H30N2O2/c1-2-9-20-15-7-4-8-18(12-15)16(19)14-6-3-5-13(10-14)11-17/h13-15H,2-12,17H2,1H3. The number of ether oxygens (including phenoxy) is 1. The summed E-state index contributed by atoms with van der Waals surface area (Å²) in [5.74, 6) is 1.12. The zero-order chi connectivity index (χ0) is 14.4. The molecule has 0 aromatic carbocycles. The van der Waals surface area contributed by atoms with Gasteiger partial charge in [-0.3, -0.25) is 4.79 Å². The Morgan fingerprint density at radius 2 is 2.15 bits per heavy atom. The zero-order valence-corrected chi connectivity index (χ0v) is 12.9. The van der Waals surface area contributed by atoms with Crippen LogP contribution in [-0.2, 0) is 9.53 Å². The van der Waals surface area contributed by atoms with Crippen molar-refractivity contribution in [3.8, 4) is 0 Å². The van der Waals surface area contributed by atoms with Gasteiger partial charge in [0.15, 0.2) is 0 Å². The third-order valence-corrected chi connectivity index (χ3v) is 4.71. The van der Waals surface area contributed by atoms with E-state index in [1.807, 2.05) is 4.90 Å². The summed E-state index contributed by atoms with van der Waals surface area (Å²) in [4.78, 5) is 14.7. The van der Waals surface area contributed by atoms with Gasteiger partial charge in [-0.1, -0.05) is 13.3 Å².